The van der Waals surface area contributed by atoms with Crippen LogP contribution in [0.5, 0.6) is 5.75 Å². The maximum absolute atomic E-state index is 12.5. The number of hydrogen-bond acceptors (Lipinski definition) is 4. The summed E-state index contributed by atoms with van der Waals surface area (Å²) < 4.78 is 32.7. The zero-order valence-electron chi connectivity index (χ0n) is 16.6. The van der Waals surface area contributed by atoms with Gasteiger partial charge in [0.2, 0.25) is 5.91 Å². The molecule has 0 aliphatic carbocycles. The third-order valence-corrected chi connectivity index (χ3v) is 5.68. The number of rotatable bonds is 7. The molecule has 0 bridgehead atoms. The number of carbonyl (C=O) groups is 1. The van der Waals surface area contributed by atoms with Crippen molar-refractivity contribution in [3.63, 3.8) is 0 Å². The molecule has 0 unspecified atom stereocenters. The van der Waals surface area contributed by atoms with Gasteiger partial charge in [-0.25, -0.2) is 8.42 Å². The number of anilines is 2. The number of methoxy groups -OCH3 is 1. The Balaban J connectivity index is 1.63. The van der Waals surface area contributed by atoms with Crippen molar-refractivity contribution < 1.29 is 17.9 Å². The fourth-order valence-electron chi connectivity index (χ4n) is 2.62. The predicted octanol–water partition coefficient (Wildman–Crippen LogP) is 4.46. The van der Waals surface area contributed by atoms with Gasteiger partial charge in [-0.1, -0.05) is 29.8 Å². The molecule has 0 saturated carbocycles. The standard InChI is InChI=1S/C23H22N2O4S/c1-17-3-8-19(9-4-17)24-23(26)16-7-18-5-14-22(15-6-18)30(27,28)25-20-10-12-21(29-2)13-11-20/h3-16,25H,1-2H3,(H,24,26). The molecule has 3 rings (SSSR count). The van der Waals surface area contributed by atoms with Crippen molar-refractivity contribution in [1.29, 1.82) is 0 Å². The molecule has 0 saturated heterocycles. The van der Waals surface area contributed by atoms with Gasteiger partial charge in [0.1, 0.15) is 5.75 Å². The Morgan fingerprint density at radius 3 is 2.07 bits per heavy atom. The highest BCUT2D eigenvalue weighted by molar-refractivity contribution is 7.92. The van der Waals surface area contributed by atoms with Gasteiger partial charge < -0.3 is 10.1 Å². The Morgan fingerprint density at radius 2 is 1.47 bits per heavy atom. The molecule has 0 atom stereocenters. The summed E-state index contributed by atoms with van der Waals surface area (Å²) in [5.41, 5.74) is 2.96. The summed E-state index contributed by atoms with van der Waals surface area (Å²) >= 11 is 0. The number of carbonyl (C=O) groups excluding carboxylic acids is 1. The Kier molecular flexibility index (Phi) is 6.54. The monoisotopic (exact) mass is 422 g/mol. The van der Waals surface area contributed by atoms with Gasteiger partial charge in [-0.05, 0) is 67.1 Å². The van der Waals surface area contributed by atoms with Crippen LogP contribution in [0.2, 0.25) is 0 Å². The number of sulfonamides is 1. The molecule has 6 nitrogen and oxygen atoms in total. The number of nitrogens with one attached hydrogen (secondary N) is 2. The Labute approximate surface area is 176 Å². The first-order chi connectivity index (χ1) is 14.4. The van der Waals surface area contributed by atoms with Crippen LogP contribution in [0.4, 0.5) is 11.4 Å². The van der Waals surface area contributed by atoms with Crippen molar-refractivity contribution >= 4 is 33.4 Å². The number of hydrogen-bond donors (Lipinski definition) is 2. The quantitative estimate of drug-likeness (QED) is 0.551. The van der Waals surface area contributed by atoms with Crippen LogP contribution >= 0.6 is 0 Å². The average molecular weight is 423 g/mol. The predicted molar refractivity (Wildman–Crippen MR) is 119 cm³/mol. The van der Waals surface area contributed by atoms with Gasteiger partial charge in [-0.15, -0.1) is 0 Å². The summed E-state index contributed by atoms with van der Waals surface area (Å²) in [5.74, 6) is 0.372. The smallest absolute Gasteiger partial charge is 0.261 e. The lowest BCUT2D eigenvalue weighted by Gasteiger charge is -2.09. The van der Waals surface area contributed by atoms with Crippen molar-refractivity contribution in [3.8, 4) is 5.75 Å². The van der Waals surface area contributed by atoms with Gasteiger partial charge in [-0.3, -0.25) is 9.52 Å². The highest BCUT2D eigenvalue weighted by Crippen LogP contribution is 2.20. The third kappa shape index (κ3) is 5.71. The molecule has 0 aliphatic rings. The van der Waals surface area contributed by atoms with Crippen LogP contribution < -0.4 is 14.8 Å². The molecule has 0 radical (unpaired) electrons. The molecule has 0 heterocycles. The van der Waals surface area contributed by atoms with Crippen LogP contribution in [0, 0.1) is 6.92 Å². The second-order valence-electron chi connectivity index (χ2n) is 6.59. The maximum atomic E-state index is 12.5. The van der Waals surface area contributed by atoms with E-state index in [1.165, 1.54) is 18.2 Å². The fourth-order valence-corrected chi connectivity index (χ4v) is 3.68. The lowest BCUT2D eigenvalue weighted by atomic mass is 10.2. The number of ether oxygens (including phenoxy) is 1. The summed E-state index contributed by atoms with van der Waals surface area (Å²) in [7, 11) is -2.18. The Bertz CT molecular complexity index is 1140. The van der Waals surface area contributed by atoms with Gasteiger partial charge in [-0.2, -0.15) is 0 Å². The normalized spacial score (nSPS) is 11.3. The summed E-state index contributed by atoms with van der Waals surface area (Å²) in [6.45, 7) is 1.97. The van der Waals surface area contributed by atoms with Gasteiger partial charge in [0.25, 0.3) is 10.0 Å². The lowest BCUT2D eigenvalue weighted by molar-refractivity contribution is -0.111. The topological polar surface area (TPSA) is 84.5 Å². The van der Waals surface area contributed by atoms with Crippen LogP contribution in [0.1, 0.15) is 11.1 Å². The van der Waals surface area contributed by atoms with Gasteiger partial charge in [0.15, 0.2) is 0 Å². The van der Waals surface area contributed by atoms with E-state index < -0.39 is 10.0 Å². The van der Waals surface area contributed by atoms with Gasteiger partial charge in [0, 0.05) is 17.5 Å². The molecule has 3 aromatic carbocycles. The maximum Gasteiger partial charge on any atom is 0.261 e. The van der Waals surface area contributed by atoms with Crippen molar-refractivity contribution in [2.24, 2.45) is 0 Å². The van der Waals surface area contributed by atoms with Crippen molar-refractivity contribution in [1.82, 2.24) is 0 Å². The van der Waals surface area contributed by atoms with Crippen LogP contribution in [0.15, 0.2) is 83.8 Å². The Morgan fingerprint density at radius 1 is 0.867 bits per heavy atom. The zero-order chi connectivity index (χ0) is 21.6. The zero-order valence-corrected chi connectivity index (χ0v) is 17.4. The lowest BCUT2D eigenvalue weighted by Crippen LogP contribution is -2.12. The SMILES string of the molecule is COc1ccc(NS(=O)(=O)c2ccc(C=CC(=O)Nc3ccc(C)cc3)cc2)cc1. The van der Waals surface area contributed by atoms with Crippen molar-refractivity contribution in [2.45, 2.75) is 11.8 Å². The number of amides is 1. The van der Waals surface area contributed by atoms with E-state index in [0.29, 0.717) is 22.7 Å². The first-order valence-corrected chi connectivity index (χ1v) is 10.7. The first kappa shape index (κ1) is 21.1. The van der Waals surface area contributed by atoms with Crippen LogP contribution in [0.25, 0.3) is 6.08 Å². The highest BCUT2D eigenvalue weighted by atomic mass is 32.2. The fraction of sp³-hybridized carbons (Fsp3) is 0.0870. The van der Waals surface area contributed by atoms with Crippen LogP contribution in [0.3, 0.4) is 0 Å². The minimum absolute atomic E-state index is 0.125. The summed E-state index contributed by atoms with van der Waals surface area (Å²) in [6.07, 6.45) is 3.02. The summed E-state index contributed by atoms with van der Waals surface area (Å²) in [4.78, 5) is 12.2. The molecule has 0 spiro atoms. The van der Waals surface area contributed by atoms with Crippen LogP contribution in [-0.2, 0) is 14.8 Å². The molecule has 0 aliphatic heterocycles. The van der Waals surface area contributed by atoms with Gasteiger partial charge >= 0.3 is 0 Å². The van der Waals surface area contributed by atoms with Crippen molar-refractivity contribution in [3.05, 3.63) is 90.0 Å². The van der Waals surface area contributed by atoms with E-state index in [2.05, 4.69) is 10.0 Å². The van der Waals surface area contributed by atoms with E-state index in [9.17, 15) is 13.2 Å². The van der Waals surface area contributed by atoms with E-state index in [0.717, 1.165) is 5.56 Å². The average Bonchev–Trinajstić information content (AvgIpc) is 2.74. The number of benzene rings is 3. The minimum atomic E-state index is -3.72. The first-order valence-electron chi connectivity index (χ1n) is 9.18. The molecule has 7 heteroatoms. The molecular weight excluding hydrogens is 400 g/mol. The molecule has 0 fully saturated rings. The van der Waals surface area contributed by atoms with E-state index in [1.807, 2.05) is 31.2 Å². The molecule has 0 aromatic heterocycles. The van der Waals surface area contributed by atoms with E-state index >= 15 is 0 Å². The Hall–Kier alpha value is -3.58. The number of aryl methyl sites for hydroxylation is 1. The van der Waals surface area contributed by atoms with E-state index in [1.54, 1.807) is 49.6 Å². The second kappa shape index (κ2) is 9.28. The van der Waals surface area contributed by atoms with E-state index in [4.69, 9.17) is 4.74 Å². The summed E-state index contributed by atoms with van der Waals surface area (Å²) in [5, 5.41) is 2.77. The van der Waals surface area contributed by atoms with Crippen molar-refractivity contribution in [2.75, 3.05) is 17.1 Å². The molecule has 3 aromatic rings. The van der Waals surface area contributed by atoms with E-state index in [-0.39, 0.29) is 10.8 Å². The highest BCUT2D eigenvalue weighted by Gasteiger charge is 2.13. The van der Waals surface area contributed by atoms with Gasteiger partial charge in [0.05, 0.1) is 12.0 Å². The molecule has 154 valence electrons. The van der Waals surface area contributed by atoms with Crippen LogP contribution in [-0.4, -0.2) is 21.4 Å². The molecule has 30 heavy (non-hydrogen) atoms. The minimum Gasteiger partial charge on any atom is -0.497 e. The molecule has 2 N–H and O–H groups in total. The largest absolute Gasteiger partial charge is 0.497 e. The second-order valence-corrected chi connectivity index (χ2v) is 8.27. The molecule has 1 amide bonds. The third-order valence-electron chi connectivity index (χ3n) is 4.28. The molecular formula is C23H22N2O4S. The summed E-state index contributed by atoms with van der Waals surface area (Å²) in [6, 6.07) is 20.3.